The Kier molecular flexibility index (Phi) is 3.55. The molecule has 1 N–H and O–H groups in total. The van der Waals surface area contributed by atoms with E-state index in [1.165, 1.54) is 0 Å². The standard InChI is InChI=1S/C13H15N3O/c1-3-4-9-17-12-10-7-5-6-8-11(10)15-13(14-2)16-12/h3,5-8H,1,4,9H2,2H3,(H,14,15,16). The monoisotopic (exact) mass is 229 g/mol. The van der Waals surface area contributed by atoms with E-state index in [4.69, 9.17) is 4.74 Å². The quantitative estimate of drug-likeness (QED) is 0.632. The van der Waals surface area contributed by atoms with Crippen LogP contribution >= 0.6 is 0 Å². The lowest BCUT2D eigenvalue weighted by Crippen LogP contribution is -2.03. The lowest BCUT2D eigenvalue weighted by molar-refractivity contribution is 0.316. The third-order valence-electron chi connectivity index (χ3n) is 2.35. The molecule has 0 saturated heterocycles. The Balaban J connectivity index is 2.39. The molecule has 4 heteroatoms. The van der Waals surface area contributed by atoms with Gasteiger partial charge < -0.3 is 10.1 Å². The van der Waals surface area contributed by atoms with Crippen LogP contribution in [0.3, 0.4) is 0 Å². The summed E-state index contributed by atoms with van der Waals surface area (Å²) in [6.07, 6.45) is 2.62. The Morgan fingerprint density at radius 3 is 2.94 bits per heavy atom. The number of ether oxygens (including phenoxy) is 1. The Morgan fingerprint density at radius 1 is 1.35 bits per heavy atom. The van der Waals surface area contributed by atoms with Gasteiger partial charge in [0.25, 0.3) is 0 Å². The zero-order chi connectivity index (χ0) is 12.1. The van der Waals surface area contributed by atoms with Crippen LogP contribution < -0.4 is 10.1 Å². The van der Waals surface area contributed by atoms with Crippen molar-refractivity contribution in [2.45, 2.75) is 6.42 Å². The van der Waals surface area contributed by atoms with Gasteiger partial charge in [0.05, 0.1) is 17.5 Å². The molecule has 0 unspecified atom stereocenters. The number of nitrogens with one attached hydrogen (secondary N) is 1. The smallest absolute Gasteiger partial charge is 0.226 e. The average molecular weight is 229 g/mol. The summed E-state index contributed by atoms with van der Waals surface area (Å²) in [7, 11) is 1.79. The van der Waals surface area contributed by atoms with Gasteiger partial charge in [-0.15, -0.1) is 6.58 Å². The molecule has 0 saturated carbocycles. The lowest BCUT2D eigenvalue weighted by atomic mass is 10.2. The highest BCUT2D eigenvalue weighted by Crippen LogP contribution is 2.23. The summed E-state index contributed by atoms with van der Waals surface area (Å²) in [5.41, 5.74) is 0.875. The van der Waals surface area contributed by atoms with Crippen LogP contribution in [0, 0.1) is 0 Å². The molecule has 0 amide bonds. The lowest BCUT2D eigenvalue weighted by Gasteiger charge is -2.08. The molecule has 17 heavy (non-hydrogen) atoms. The van der Waals surface area contributed by atoms with E-state index in [1.807, 2.05) is 30.3 Å². The molecule has 0 bridgehead atoms. The van der Waals surface area contributed by atoms with Crippen molar-refractivity contribution in [2.24, 2.45) is 0 Å². The molecule has 88 valence electrons. The maximum absolute atomic E-state index is 5.64. The molecular weight excluding hydrogens is 214 g/mol. The number of hydrogen-bond donors (Lipinski definition) is 1. The van der Waals surface area contributed by atoms with Gasteiger partial charge in [0.15, 0.2) is 0 Å². The minimum atomic E-state index is 0.567. The molecule has 0 aliphatic carbocycles. The van der Waals surface area contributed by atoms with Crippen LogP contribution in [0.1, 0.15) is 6.42 Å². The first-order chi connectivity index (χ1) is 8.35. The molecule has 0 atom stereocenters. The fourth-order valence-corrected chi connectivity index (χ4v) is 1.51. The summed E-state index contributed by atoms with van der Waals surface area (Å²) in [5.74, 6) is 1.18. The van der Waals surface area contributed by atoms with Crippen LogP contribution in [-0.4, -0.2) is 23.6 Å². The first-order valence-electron chi connectivity index (χ1n) is 5.53. The summed E-state index contributed by atoms with van der Waals surface area (Å²) >= 11 is 0. The Morgan fingerprint density at radius 2 is 2.18 bits per heavy atom. The molecule has 2 rings (SSSR count). The van der Waals surface area contributed by atoms with Crippen molar-refractivity contribution in [2.75, 3.05) is 19.0 Å². The largest absolute Gasteiger partial charge is 0.477 e. The third kappa shape index (κ3) is 2.53. The highest BCUT2D eigenvalue weighted by Gasteiger charge is 2.06. The molecule has 0 radical (unpaired) electrons. The van der Waals surface area contributed by atoms with E-state index in [9.17, 15) is 0 Å². The molecule has 1 heterocycles. The normalized spacial score (nSPS) is 10.2. The van der Waals surface area contributed by atoms with E-state index in [1.54, 1.807) is 7.05 Å². The van der Waals surface area contributed by atoms with Crippen molar-refractivity contribution < 1.29 is 4.74 Å². The maximum atomic E-state index is 5.64. The van der Waals surface area contributed by atoms with Gasteiger partial charge in [-0.25, -0.2) is 4.98 Å². The van der Waals surface area contributed by atoms with Crippen LogP contribution in [0.25, 0.3) is 10.9 Å². The van der Waals surface area contributed by atoms with Crippen LogP contribution in [0.5, 0.6) is 5.88 Å². The van der Waals surface area contributed by atoms with Gasteiger partial charge in [-0.05, 0) is 18.6 Å². The number of hydrogen-bond acceptors (Lipinski definition) is 4. The van der Waals surface area contributed by atoms with E-state index >= 15 is 0 Å². The molecular formula is C13H15N3O. The zero-order valence-electron chi connectivity index (χ0n) is 9.81. The summed E-state index contributed by atoms with van der Waals surface area (Å²) in [4.78, 5) is 8.67. The van der Waals surface area contributed by atoms with Crippen molar-refractivity contribution in [1.82, 2.24) is 9.97 Å². The topological polar surface area (TPSA) is 47.0 Å². The van der Waals surface area contributed by atoms with Gasteiger partial charge in [0.2, 0.25) is 11.8 Å². The molecule has 0 aliphatic heterocycles. The van der Waals surface area contributed by atoms with Gasteiger partial charge in [-0.1, -0.05) is 18.2 Å². The summed E-state index contributed by atoms with van der Waals surface area (Å²) in [6, 6.07) is 7.80. The Labute approximate surface area is 100 Å². The van der Waals surface area contributed by atoms with E-state index in [2.05, 4.69) is 21.9 Å². The van der Waals surface area contributed by atoms with E-state index in [-0.39, 0.29) is 0 Å². The van der Waals surface area contributed by atoms with Crippen molar-refractivity contribution in [3.05, 3.63) is 36.9 Å². The first-order valence-corrected chi connectivity index (χ1v) is 5.53. The van der Waals surface area contributed by atoms with Crippen LogP contribution in [0.15, 0.2) is 36.9 Å². The molecule has 4 nitrogen and oxygen atoms in total. The summed E-state index contributed by atoms with van der Waals surface area (Å²) < 4.78 is 5.64. The number of fused-ring (bicyclic) bond motifs is 1. The number of nitrogens with zero attached hydrogens (tertiary/aromatic N) is 2. The van der Waals surface area contributed by atoms with E-state index in [0.717, 1.165) is 17.3 Å². The van der Waals surface area contributed by atoms with Crippen molar-refractivity contribution >= 4 is 16.9 Å². The second kappa shape index (κ2) is 5.30. The van der Waals surface area contributed by atoms with Crippen LogP contribution in [0.2, 0.25) is 0 Å². The van der Waals surface area contributed by atoms with Gasteiger partial charge >= 0.3 is 0 Å². The molecule has 0 spiro atoms. The summed E-state index contributed by atoms with van der Waals surface area (Å²) in [5, 5.41) is 3.85. The first kappa shape index (κ1) is 11.4. The molecule has 0 fully saturated rings. The Hall–Kier alpha value is -2.10. The highest BCUT2D eigenvalue weighted by atomic mass is 16.5. The molecule has 2 aromatic rings. The van der Waals surface area contributed by atoms with E-state index < -0.39 is 0 Å². The second-order valence-electron chi connectivity index (χ2n) is 3.55. The zero-order valence-corrected chi connectivity index (χ0v) is 9.81. The molecule has 1 aromatic heterocycles. The van der Waals surface area contributed by atoms with Crippen LogP contribution in [0.4, 0.5) is 5.95 Å². The predicted molar refractivity (Wildman–Crippen MR) is 69.4 cm³/mol. The molecule has 0 aliphatic rings. The molecule has 1 aromatic carbocycles. The number of anilines is 1. The Bertz CT molecular complexity index is 525. The fourth-order valence-electron chi connectivity index (χ4n) is 1.51. The minimum absolute atomic E-state index is 0.567. The van der Waals surface area contributed by atoms with Gasteiger partial charge in [0, 0.05) is 7.05 Å². The number of benzene rings is 1. The van der Waals surface area contributed by atoms with E-state index in [0.29, 0.717) is 18.4 Å². The minimum Gasteiger partial charge on any atom is -0.477 e. The van der Waals surface area contributed by atoms with Crippen molar-refractivity contribution in [1.29, 1.82) is 0 Å². The van der Waals surface area contributed by atoms with Gasteiger partial charge in [-0.3, -0.25) is 0 Å². The van der Waals surface area contributed by atoms with Crippen molar-refractivity contribution in [3.63, 3.8) is 0 Å². The SMILES string of the molecule is C=CCCOc1nc(NC)nc2ccccc12. The van der Waals surface area contributed by atoms with Gasteiger partial charge in [-0.2, -0.15) is 4.98 Å². The maximum Gasteiger partial charge on any atom is 0.226 e. The number of para-hydroxylation sites is 1. The number of aromatic nitrogens is 2. The average Bonchev–Trinajstić information content (AvgIpc) is 2.38. The highest BCUT2D eigenvalue weighted by molar-refractivity contribution is 5.84. The summed E-state index contributed by atoms with van der Waals surface area (Å²) in [6.45, 7) is 4.24. The van der Waals surface area contributed by atoms with Crippen molar-refractivity contribution in [3.8, 4) is 5.88 Å². The number of rotatable bonds is 5. The third-order valence-corrected chi connectivity index (χ3v) is 2.35. The van der Waals surface area contributed by atoms with Crippen LogP contribution in [-0.2, 0) is 0 Å². The second-order valence-corrected chi connectivity index (χ2v) is 3.55. The predicted octanol–water partition coefficient (Wildman–Crippen LogP) is 2.63. The van der Waals surface area contributed by atoms with Gasteiger partial charge in [0.1, 0.15) is 0 Å². The fraction of sp³-hybridized carbons (Fsp3) is 0.231.